The molecule has 5 nitrogen and oxygen atoms in total. The van der Waals surface area contributed by atoms with Gasteiger partial charge in [-0.25, -0.2) is 0 Å². The van der Waals surface area contributed by atoms with Gasteiger partial charge >= 0.3 is 0 Å². The van der Waals surface area contributed by atoms with Crippen molar-refractivity contribution in [1.29, 1.82) is 0 Å². The summed E-state index contributed by atoms with van der Waals surface area (Å²) in [6.45, 7) is 7.16. The van der Waals surface area contributed by atoms with Crippen LogP contribution in [0, 0.1) is 5.92 Å². The SMILES string of the molecule is CCNC(=NCC1CCOC1c1ccccc1)NC1CCN(C2CCCCC2)CC1.I. The predicted molar refractivity (Wildman–Crippen MR) is 139 cm³/mol. The molecule has 3 aliphatic rings. The highest BCUT2D eigenvalue weighted by molar-refractivity contribution is 14.0. The Balaban J connectivity index is 0.00000272. The smallest absolute Gasteiger partial charge is 0.191 e. The minimum absolute atomic E-state index is 0. The maximum absolute atomic E-state index is 6.05. The summed E-state index contributed by atoms with van der Waals surface area (Å²) < 4.78 is 6.05. The van der Waals surface area contributed by atoms with Crippen LogP contribution in [0.3, 0.4) is 0 Å². The average Bonchev–Trinajstić information content (AvgIpc) is 3.28. The highest BCUT2D eigenvalue weighted by atomic mass is 127. The van der Waals surface area contributed by atoms with Crippen molar-refractivity contribution in [3.8, 4) is 0 Å². The van der Waals surface area contributed by atoms with E-state index in [2.05, 4.69) is 52.8 Å². The molecule has 2 unspecified atom stereocenters. The van der Waals surface area contributed by atoms with E-state index in [-0.39, 0.29) is 30.1 Å². The first-order chi connectivity index (χ1) is 14.8. The Kier molecular flexibility index (Phi) is 10.4. The molecule has 4 rings (SSSR count). The zero-order valence-electron chi connectivity index (χ0n) is 19.1. The Morgan fingerprint density at radius 3 is 2.48 bits per heavy atom. The summed E-state index contributed by atoms with van der Waals surface area (Å²) in [5.41, 5.74) is 1.28. The quantitative estimate of drug-likeness (QED) is 0.311. The molecular weight excluding hydrogens is 499 g/mol. The number of ether oxygens (including phenoxy) is 1. The topological polar surface area (TPSA) is 48.9 Å². The molecule has 0 spiro atoms. The third-order valence-electron chi connectivity index (χ3n) is 7.13. The van der Waals surface area contributed by atoms with Crippen LogP contribution in [0.4, 0.5) is 0 Å². The van der Waals surface area contributed by atoms with Gasteiger partial charge < -0.3 is 20.3 Å². The average molecular weight is 541 g/mol. The minimum Gasteiger partial charge on any atom is -0.373 e. The van der Waals surface area contributed by atoms with Crippen molar-refractivity contribution in [3.05, 3.63) is 35.9 Å². The van der Waals surface area contributed by atoms with Crippen molar-refractivity contribution in [2.45, 2.75) is 76.5 Å². The third kappa shape index (κ3) is 7.06. The number of benzene rings is 1. The molecule has 0 radical (unpaired) electrons. The number of hydrogen-bond acceptors (Lipinski definition) is 3. The van der Waals surface area contributed by atoms with Crippen molar-refractivity contribution >= 4 is 29.9 Å². The molecule has 1 saturated carbocycles. The Morgan fingerprint density at radius 1 is 1.03 bits per heavy atom. The molecular formula is C25H41IN4O. The van der Waals surface area contributed by atoms with E-state index in [0.29, 0.717) is 12.0 Å². The Morgan fingerprint density at radius 2 is 1.77 bits per heavy atom. The van der Waals surface area contributed by atoms with Crippen LogP contribution in [0.15, 0.2) is 35.3 Å². The van der Waals surface area contributed by atoms with Crippen molar-refractivity contribution in [1.82, 2.24) is 15.5 Å². The number of halogens is 1. The molecule has 2 N–H and O–H groups in total. The van der Waals surface area contributed by atoms with Crippen LogP contribution in [0.25, 0.3) is 0 Å². The summed E-state index contributed by atoms with van der Waals surface area (Å²) in [7, 11) is 0. The number of piperidine rings is 1. The van der Waals surface area contributed by atoms with Crippen LogP contribution in [0.2, 0.25) is 0 Å². The first kappa shape index (κ1) is 24.8. The summed E-state index contributed by atoms with van der Waals surface area (Å²) in [4.78, 5) is 7.73. The van der Waals surface area contributed by atoms with Gasteiger partial charge in [0.25, 0.3) is 0 Å². The van der Waals surface area contributed by atoms with Gasteiger partial charge in [-0.3, -0.25) is 4.99 Å². The second-order valence-electron chi connectivity index (χ2n) is 9.22. The van der Waals surface area contributed by atoms with Gasteiger partial charge in [0.05, 0.1) is 6.10 Å². The van der Waals surface area contributed by atoms with Crippen molar-refractivity contribution < 1.29 is 4.74 Å². The van der Waals surface area contributed by atoms with Crippen LogP contribution < -0.4 is 10.6 Å². The maximum atomic E-state index is 6.05. The lowest BCUT2D eigenvalue weighted by Crippen LogP contribution is -2.51. The second kappa shape index (κ2) is 13.0. The number of hydrogen-bond donors (Lipinski definition) is 2. The Hall–Kier alpha value is -0.860. The predicted octanol–water partition coefficient (Wildman–Crippen LogP) is 4.73. The minimum atomic E-state index is 0. The molecule has 2 atom stereocenters. The van der Waals surface area contributed by atoms with E-state index in [9.17, 15) is 0 Å². The summed E-state index contributed by atoms with van der Waals surface area (Å²) in [5, 5.41) is 7.20. The molecule has 2 aliphatic heterocycles. The van der Waals surface area contributed by atoms with Crippen molar-refractivity contribution in [2.75, 3.05) is 32.8 Å². The van der Waals surface area contributed by atoms with Crippen LogP contribution in [-0.4, -0.2) is 55.7 Å². The van der Waals surface area contributed by atoms with Crippen LogP contribution in [0.1, 0.15) is 70.0 Å². The maximum Gasteiger partial charge on any atom is 0.191 e. The van der Waals surface area contributed by atoms with Crippen LogP contribution in [-0.2, 0) is 4.74 Å². The Labute approximate surface area is 205 Å². The zero-order valence-corrected chi connectivity index (χ0v) is 21.4. The number of nitrogens with one attached hydrogen (secondary N) is 2. The van der Waals surface area contributed by atoms with Crippen LogP contribution in [0.5, 0.6) is 0 Å². The Bertz CT molecular complexity index is 657. The fourth-order valence-corrected chi connectivity index (χ4v) is 5.41. The highest BCUT2D eigenvalue weighted by Crippen LogP contribution is 2.34. The first-order valence-corrected chi connectivity index (χ1v) is 12.3. The molecule has 1 aromatic rings. The van der Waals surface area contributed by atoms with E-state index in [4.69, 9.17) is 9.73 Å². The van der Waals surface area contributed by atoms with Gasteiger partial charge in [-0.1, -0.05) is 49.6 Å². The first-order valence-electron chi connectivity index (χ1n) is 12.3. The van der Waals surface area contributed by atoms with Crippen molar-refractivity contribution in [2.24, 2.45) is 10.9 Å². The molecule has 0 bridgehead atoms. The molecule has 2 heterocycles. The molecule has 0 aromatic heterocycles. The number of nitrogens with zero attached hydrogens (tertiary/aromatic N) is 2. The zero-order chi connectivity index (χ0) is 20.6. The molecule has 2 saturated heterocycles. The van der Waals surface area contributed by atoms with Gasteiger partial charge in [0.2, 0.25) is 0 Å². The summed E-state index contributed by atoms with van der Waals surface area (Å²) in [5.74, 6) is 1.43. The molecule has 174 valence electrons. The lowest BCUT2D eigenvalue weighted by molar-refractivity contribution is 0.0925. The molecule has 6 heteroatoms. The fraction of sp³-hybridized carbons (Fsp3) is 0.720. The normalized spacial score (nSPS) is 26.4. The van der Waals surface area contributed by atoms with E-state index in [0.717, 1.165) is 38.1 Å². The molecule has 31 heavy (non-hydrogen) atoms. The summed E-state index contributed by atoms with van der Waals surface area (Å²) in [6, 6.07) is 12.0. The number of rotatable bonds is 6. The van der Waals surface area contributed by atoms with Gasteiger partial charge in [-0.15, -0.1) is 24.0 Å². The molecule has 0 amide bonds. The number of aliphatic imine (C=N–C) groups is 1. The van der Waals surface area contributed by atoms with Gasteiger partial charge in [-0.05, 0) is 44.6 Å². The van der Waals surface area contributed by atoms with Crippen molar-refractivity contribution in [3.63, 3.8) is 0 Å². The van der Waals surface area contributed by atoms with Gasteiger partial charge in [-0.2, -0.15) is 0 Å². The summed E-state index contributed by atoms with van der Waals surface area (Å²) >= 11 is 0. The monoisotopic (exact) mass is 540 g/mol. The van der Waals surface area contributed by atoms with E-state index in [1.165, 1.54) is 63.6 Å². The molecule has 3 fully saturated rings. The lowest BCUT2D eigenvalue weighted by Gasteiger charge is -2.39. The standard InChI is InChI=1S/C25H40N4O.HI/c1-2-26-25(27-19-21-15-18-30-24(21)20-9-5-3-6-10-20)28-22-13-16-29(17-14-22)23-11-7-4-8-12-23;/h3,5-6,9-10,21-24H,2,4,7-8,11-19H2,1H3,(H2,26,27,28);1H. The third-order valence-corrected chi connectivity index (χ3v) is 7.13. The fourth-order valence-electron chi connectivity index (χ4n) is 5.41. The lowest BCUT2D eigenvalue weighted by atomic mass is 9.92. The van der Waals surface area contributed by atoms with Gasteiger partial charge in [0, 0.05) is 50.8 Å². The summed E-state index contributed by atoms with van der Waals surface area (Å²) in [6.07, 6.45) is 10.8. The highest BCUT2D eigenvalue weighted by Gasteiger charge is 2.30. The number of likely N-dealkylation sites (tertiary alicyclic amines) is 1. The second-order valence-corrected chi connectivity index (χ2v) is 9.22. The van der Waals surface area contributed by atoms with E-state index in [1.807, 2.05) is 0 Å². The largest absolute Gasteiger partial charge is 0.373 e. The number of guanidine groups is 1. The van der Waals surface area contributed by atoms with Gasteiger partial charge in [0.1, 0.15) is 0 Å². The van der Waals surface area contributed by atoms with Gasteiger partial charge in [0.15, 0.2) is 5.96 Å². The van der Waals surface area contributed by atoms with E-state index >= 15 is 0 Å². The van der Waals surface area contributed by atoms with E-state index in [1.54, 1.807) is 0 Å². The van der Waals surface area contributed by atoms with Crippen LogP contribution >= 0.6 is 24.0 Å². The van der Waals surface area contributed by atoms with E-state index < -0.39 is 0 Å². The molecule has 1 aromatic carbocycles. The molecule has 1 aliphatic carbocycles.